The van der Waals surface area contributed by atoms with Crippen LogP contribution in [0.2, 0.25) is 0 Å². The molecule has 0 aromatic heterocycles. The second kappa shape index (κ2) is 5.58. The molecule has 1 aliphatic rings. The Labute approximate surface area is 112 Å². The van der Waals surface area contributed by atoms with Crippen molar-refractivity contribution in [1.29, 1.82) is 0 Å². The number of hydrogen-bond acceptors (Lipinski definition) is 4. The van der Waals surface area contributed by atoms with Gasteiger partial charge in [-0.2, -0.15) is 0 Å². The summed E-state index contributed by atoms with van der Waals surface area (Å²) >= 11 is 0. The Morgan fingerprint density at radius 3 is 2.95 bits per heavy atom. The molecule has 19 heavy (non-hydrogen) atoms. The van der Waals surface area contributed by atoms with Crippen molar-refractivity contribution in [3.8, 4) is 5.75 Å². The summed E-state index contributed by atoms with van der Waals surface area (Å²) in [5.41, 5.74) is 0.384. The fraction of sp³-hybridized carbons (Fsp3) is 0.417. The van der Waals surface area contributed by atoms with Gasteiger partial charge in [0.1, 0.15) is 5.75 Å². The van der Waals surface area contributed by atoms with Gasteiger partial charge < -0.3 is 10.1 Å². The van der Waals surface area contributed by atoms with Crippen molar-refractivity contribution >= 4 is 21.6 Å². The lowest BCUT2D eigenvalue weighted by molar-refractivity contribution is -0.118. The number of amides is 1. The van der Waals surface area contributed by atoms with Crippen LogP contribution in [0.5, 0.6) is 5.75 Å². The highest BCUT2D eigenvalue weighted by Crippen LogP contribution is 2.29. The number of rotatable bonds is 5. The second-order valence-electron chi connectivity index (χ2n) is 4.25. The number of carbonyl (C=O) groups is 1. The summed E-state index contributed by atoms with van der Waals surface area (Å²) in [6.07, 6.45) is 1.70. The number of hydrogen-bond donors (Lipinski definition) is 2. The van der Waals surface area contributed by atoms with Crippen LogP contribution in [0.15, 0.2) is 23.1 Å². The average molecular weight is 284 g/mol. The van der Waals surface area contributed by atoms with Gasteiger partial charge in [0.25, 0.3) is 5.91 Å². The Balaban J connectivity index is 2.21. The number of unbranched alkanes of at least 4 members (excludes halogenated alkanes) is 1. The van der Waals surface area contributed by atoms with E-state index in [1.54, 1.807) is 6.07 Å². The Bertz CT molecular complexity index is 583. The molecule has 1 aromatic rings. The fourth-order valence-corrected chi connectivity index (χ4v) is 2.80. The second-order valence-corrected chi connectivity index (χ2v) is 6.01. The van der Waals surface area contributed by atoms with Gasteiger partial charge >= 0.3 is 0 Å². The van der Waals surface area contributed by atoms with Crippen molar-refractivity contribution in [2.75, 3.05) is 18.5 Å². The number of ether oxygens (including phenoxy) is 1. The zero-order valence-electron chi connectivity index (χ0n) is 10.6. The molecule has 2 N–H and O–H groups in total. The highest BCUT2D eigenvalue weighted by Gasteiger charge is 2.20. The molecule has 0 atom stereocenters. The molecular weight excluding hydrogens is 268 g/mol. The first kappa shape index (κ1) is 13.8. The molecule has 0 spiro atoms. The predicted molar refractivity (Wildman–Crippen MR) is 70.7 cm³/mol. The van der Waals surface area contributed by atoms with Crippen molar-refractivity contribution < 1.29 is 17.9 Å². The standard InChI is InChI=1S/C12H16N2O4S/c1-2-3-6-13-19(16,17)9-4-5-11-10(7-9)14-12(15)8-18-11/h4-5,7,13H,2-3,6,8H2,1H3,(H,14,15). The van der Waals surface area contributed by atoms with Gasteiger partial charge in [0.05, 0.1) is 10.6 Å². The normalized spacial score (nSPS) is 14.5. The quantitative estimate of drug-likeness (QED) is 0.793. The van der Waals surface area contributed by atoms with E-state index in [1.165, 1.54) is 12.1 Å². The van der Waals surface area contributed by atoms with E-state index in [4.69, 9.17) is 4.74 Å². The van der Waals surface area contributed by atoms with E-state index < -0.39 is 10.0 Å². The molecule has 0 saturated heterocycles. The minimum Gasteiger partial charge on any atom is -0.482 e. The number of fused-ring (bicyclic) bond motifs is 1. The third-order valence-electron chi connectivity index (χ3n) is 2.72. The molecule has 7 heteroatoms. The SMILES string of the molecule is CCCCNS(=O)(=O)c1ccc2c(c1)NC(=O)CO2. The molecule has 2 rings (SSSR count). The van der Waals surface area contributed by atoms with Gasteiger partial charge in [0.2, 0.25) is 10.0 Å². The van der Waals surface area contributed by atoms with Crippen molar-refractivity contribution in [2.24, 2.45) is 0 Å². The third kappa shape index (κ3) is 3.24. The summed E-state index contributed by atoms with van der Waals surface area (Å²) < 4.78 is 31.7. The van der Waals surface area contributed by atoms with Crippen LogP contribution in [0, 0.1) is 0 Å². The van der Waals surface area contributed by atoms with E-state index in [2.05, 4.69) is 10.0 Å². The van der Waals surface area contributed by atoms with Gasteiger partial charge in [-0.3, -0.25) is 4.79 Å². The van der Waals surface area contributed by atoms with Crippen LogP contribution in [0.3, 0.4) is 0 Å². The monoisotopic (exact) mass is 284 g/mol. The van der Waals surface area contributed by atoms with Crippen LogP contribution in [-0.4, -0.2) is 27.5 Å². The van der Waals surface area contributed by atoms with Crippen molar-refractivity contribution in [3.05, 3.63) is 18.2 Å². The third-order valence-corrected chi connectivity index (χ3v) is 4.18. The van der Waals surface area contributed by atoms with E-state index in [9.17, 15) is 13.2 Å². The van der Waals surface area contributed by atoms with E-state index in [0.29, 0.717) is 18.0 Å². The van der Waals surface area contributed by atoms with Gasteiger partial charge in [-0.25, -0.2) is 13.1 Å². The van der Waals surface area contributed by atoms with Gasteiger partial charge in [-0.15, -0.1) is 0 Å². The van der Waals surface area contributed by atoms with E-state index in [-0.39, 0.29) is 17.4 Å². The van der Waals surface area contributed by atoms with Crippen LogP contribution in [-0.2, 0) is 14.8 Å². The van der Waals surface area contributed by atoms with Crippen molar-refractivity contribution in [3.63, 3.8) is 0 Å². The Kier molecular flexibility index (Phi) is 4.06. The maximum absolute atomic E-state index is 12.0. The highest BCUT2D eigenvalue weighted by molar-refractivity contribution is 7.89. The predicted octanol–water partition coefficient (Wildman–Crippen LogP) is 1.10. The molecule has 1 aromatic carbocycles. The fourth-order valence-electron chi connectivity index (χ4n) is 1.70. The summed E-state index contributed by atoms with van der Waals surface area (Å²) in [7, 11) is -3.54. The lowest BCUT2D eigenvalue weighted by Gasteiger charge is -2.18. The summed E-state index contributed by atoms with van der Waals surface area (Å²) in [5, 5.41) is 2.58. The number of sulfonamides is 1. The van der Waals surface area contributed by atoms with Crippen LogP contribution in [0.4, 0.5) is 5.69 Å². The lowest BCUT2D eigenvalue weighted by Crippen LogP contribution is -2.27. The van der Waals surface area contributed by atoms with Crippen LogP contribution >= 0.6 is 0 Å². The first-order valence-corrected chi connectivity index (χ1v) is 7.57. The maximum atomic E-state index is 12.0. The Hall–Kier alpha value is -1.60. The van der Waals surface area contributed by atoms with Gasteiger partial charge in [-0.1, -0.05) is 13.3 Å². The lowest BCUT2D eigenvalue weighted by atomic mass is 10.2. The number of carbonyl (C=O) groups excluding carboxylic acids is 1. The zero-order valence-corrected chi connectivity index (χ0v) is 11.4. The zero-order chi connectivity index (χ0) is 13.9. The Morgan fingerprint density at radius 2 is 2.21 bits per heavy atom. The highest BCUT2D eigenvalue weighted by atomic mass is 32.2. The smallest absolute Gasteiger partial charge is 0.262 e. The molecule has 0 bridgehead atoms. The van der Waals surface area contributed by atoms with Crippen molar-refractivity contribution in [2.45, 2.75) is 24.7 Å². The van der Waals surface area contributed by atoms with Crippen molar-refractivity contribution in [1.82, 2.24) is 4.72 Å². The number of benzene rings is 1. The molecule has 0 saturated carbocycles. The average Bonchev–Trinajstić information content (AvgIpc) is 2.38. The molecule has 1 amide bonds. The molecule has 0 radical (unpaired) electrons. The molecule has 104 valence electrons. The maximum Gasteiger partial charge on any atom is 0.262 e. The largest absolute Gasteiger partial charge is 0.482 e. The van der Waals surface area contributed by atoms with Crippen LogP contribution < -0.4 is 14.8 Å². The van der Waals surface area contributed by atoms with Crippen LogP contribution in [0.1, 0.15) is 19.8 Å². The summed E-state index contributed by atoms with van der Waals surface area (Å²) in [6, 6.07) is 4.41. The molecule has 6 nitrogen and oxygen atoms in total. The van der Waals surface area contributed by atoms with Gasteiger partial charge in [0.15, 0.2) is 6.61 Å². The molecule has 1 heterocycles. The number of anilines is 1. The summed E-state index contributed by atoms with van der Waals surface area (Å²) in [5.74, 6) is 0.188. The molecule has 0 aliphatic carbocycles. The number of nitrogens with one attached hydrogen (secondary N) is 2. The van der Waals surface area contributed by atoms with Crippen LogP contribution in [0.25, 0.3) is 0 Å². The first-order chi connectivity index (χ1) is 9.03. The minimum atomic E-state index is -3.54. The Morgan fingerprint density at radius 1 is 1.42 bits per heavy atom. The topological polar surface area (TPSA) is 84.5 Å². The van der Waals surface area contributed by atoms with E-state index in [1.807, 2.05) is 6.92 Å². The minimum absolute atomic E-state index is 0.0478. The summed E-state index contributed by atoms with van der Waals surface area (Å²) in [6.45, 7) is 2.34. The van der Waals surface area contributed by atoms with Gasteiger partial charge in [0, 0.05) is 6.54 Å². The molecule has 0 unspecified atom stereocenters. The van der Waals surface area contributed by atoms with Gasteiger partial charge in [-0.05, 0) is 24.6 Å². The van der Waals surface area contributed by atoms with E-state index >= 15 is 0 Å². The molecule has 0 fully saturated rings. The molecule has 1 aliphatic heterocycles. The first-order valence-electron chi connectivity index (χ1n) is 6.09. The molecular formula is C12H16N2O4S. The van der Waals surface area contributed by atoms with E-state index in [0.717, 1.165) is 12.8 Å². The summed E-state index contributed by atoms with van der Waals surface area (Å²) in [4.78, 5) is 11.3.